The van der Waals surface area contributed by atoms with Crippen LogP contribution in [0.25, 0.3) is 10.9 Å². The summed E-state index contributed by atoms with van der Waals surface area (Å²) in [6.07, 6.45) is 1.91. The highest BCUT2D eigenvalue weighted by Gasteiger charge is 2.20. The predicted octanol–water partition coefficient (Wildman–Crippen LogP) is 1.19. The second kappa shape index (κ2) is 6.80. The van der Waals surface area contributed by atoms with Gasteiger partial charge in [-0.2, -0.15) is 0 Å². The van der Waals surface area contributed by atoms with Crippen molar-refractivity contribution in [2.24, 2.45) is 5.73 Å². The molecule has 6 nitrogen and oxygen atoms in total. The lowest BCUT2D eigenvalue weighted by atomic mass is 10.1. The summed E-state index contributed by atoms with van der Waals surface area (Å²) in [5.41, 5.74) is 6.39. The number of hydrogen-bond acceptors (Lipinski definition) is 4. The minimum absolute atomic E-state index is 0.0603. The van der Waals surface area contributed by atoms with Gasteiger partial charge in [0.1, 0.15) is 11.8 Å². The van der Waals surface area contributed by atoms with Crippen LogP contribution in [0.3, 0.4) is 0 Å². The summed E-state index contributed by atoms with van der Waals surface area (Å²) in [6.45, 7) is 1.43. The number of ketones is 1. The fourth-order valence-electron chi connectivity index (χ4n) is 2.16. The first kappa shape index (κ1) is 15.6. The lowest BCUT2D eigenvalue weighted by Gasteiger charge is -2.15. The number of primary amides is 1. The number of para-hydroxylation sites is 1. The second-order valence-electron chi connectivity index (χ2n) is 5.04. The zero-order valence-corrected chi connectivity index (χ0v) is 12.2. The Kier molecular flexibility index (Phi) is 4.83. The number of carbonyl (C=O) groups is 3. The molecule has 2 aromatic rings. The lowest BCUT2D eigenvalue weighted by molar-refractivity contribution is -0.120. The Hall–Kier alpha value is -2.76. The maximum Gasteiger partial charge on any atom is 0.252 e. The Morgan fingerprint density at radius 3 is 2.64 bits per heavy atom. The molecule has 22 heavy (non-hydrogen) atoms. The molecule has 6 heteroatoms. The normalized spacial score (nSPS) is 11.9. The van der Waals surface area contributed by atoms with E-state index in [0.29, 0.717) is 16.5 Å². The maximum absolute atomic E-state index is 12.4. The average Bonchev–Trinajstić information content (AvgIpc) is 2.50. The van der Waals surface area contributed by atoms with Gasteiger partial charge in [-0.15, -0.1) is 0 Å². The van der Waals surface area contributed by atoms with E-state index in [4.69, 9.17) is 5.73 Å². The van der Waals surface area contributed by atoms with Crippen LogP contribution in [0.1, 0.15) is 30.1 Å². The fourth-order valence-corrected chi connectivity index (χ4v) is 2.16. The Labute approximate surface area is 127 Å². The van der Waals surface area contributed by atoms with Crippen molar-refractivity contribution in [3.8, 4) is 0 Å². The van der Waals surface area contributed by atoms with E-state index in [0.717, 1.165) is 0 Å². The Morgan fingerprint density at radius 1 is 1.23 bits per heavy atom. The van der Waals surface area contributed by atoms with Crippen LogP contribution in [0, 0.1) is 0 Å². The van der Waals surface area contributed by atoms with E-state index >= 15 is 0 Å². The highest BCUT2D eigenvalue weighted by Crippen LogP contribution is 2.16. The first-order valence-electron chi connectivity index (χ1n) is 6.92. The largest absolute Gasteiger partial charge is 0.368 e. The molecule has 0 saturated carbocycles. The highest BCUT2D eigenvalue weighted by molar-refractivity contribution is 6.07. The molecule has 1 aromatic heterocycles. The number of fused-ring (bicyclic) bond motifs is 1. The molecule has 0 radical (unpaired) electrons. The summed E-state index contributed by atoms with van der Waals surface area (Å²) in [6, 6.07) is 7.93. The summed E-state index contributed by atoms with van der Waals surface area (Å²) < 4.78 is 0. The van der Waals surface area contributed by atoms with Gasteiger partial charge in [-0.1, -0.05) is 18.2 Å². The van der Waals surface area contributed by atoms with Crippen molar-refractivity contribution in [1.29, 1.82) is 0 Å². The summed E-state index contributed by atoms with van der Waals surface area (Å²) >= 11 is 0. The summed E-state index contributed by atoms with van der Waals surface area (Å²) in [5, 5.41) is 3.28. The van der Waals surface area contributed by atoms with Crippen molar-refractivity contribution in [2.75, 3.05) is 0 Å². The monoisotopic (exact) mass is 299 g/mol. The summed E-state index contributed by atoms with van der Waals surface area (Å²) in [7, 11) is 0. The van der Waals surface area contributed by atoms with Crippen molar-refractivity contribution in [3.63, 3.8) is 0 Å². The van der Waals surface area contributed by atoms with Gasteiger partial charge in [-0.05, 0) is 25.5 Å². The topological polar surface area (TPSA) is 102 Å². The molecule has 3 N–H and O–H groups in total. The summed E-state index contributed by atoms with van der Waals surface area (Å²) in [5.74, 6) is -1.13. The van der Waals surface area contributed by atoms with Crippen LogP contribution in [0.2, 0.25) is 0 Å². The third kappa shape index (κ3) is 3.66. The number of rotatable bonds is 6. The van der Waals surface area contributed by atoms with Crippen LogP contribution >= 0.6 is 0 Å². The molecule has 2 amide bonds. The number of Topliss-reactive ketones (excluding diaryl/α,β-unsaturated/α-hetero) is 1. The number of nitrogens with two attached hydrogens (primary N) is 1. The SMILES string of the molecule is CC(=O)CC[C@@H](NC(=O)c1ccnc2ccccc12)C(N)=O. The van der Waals surface area contributed by atoms with Crippen molar-refractivity contribution < 1.29 is 14.4 Å². The van der Waals surface area contributed by atoms with Crippen LogP contribution in [0.15, 0.2) is 36.5 Å². The third-order valence-electron chi connectivity index (χ3n) is 3.33. The smallest absolute Gasteiger partial charge is 0.252 e. The molecule has 1 heterocycles. The Balaban J connectivity index is 2.22. The van der Waals surface area contributed by atoms with Gasteiger partial charge >= 0.3 is 0 Å². The van der Waals surface area contributed by atoms with Gasteiger partial charge in [0.25, 0.3) is 5.91 Å². The number of nitrogens with one attached hydrogen (secondary N) is 1. The van der Waals surface area contributed by atoms with Gasteiger partial charge in [-0.3, -0.25) is 14.6 Å². The minimum atomic E-state index is -0.872. The number of nitrogens with zero attached hydrogens (tertiary/aromatic N) is 1. The number of hydrogen-bond donors (Lipinski definition) is 2. The predicted molar refractivity (Wildman–Crippen MR) is 82.1 cm³/mol. The number of aromatic nitrogens is 1. The average molecular weight is 299 g/mol. The molecule has 0 spiro atoms. The molecule has 0 bridgehead atoms. The van der Waals surface area contributed by atoms with E-state index in [2.05, 4.69) is 10.3 Å². The first-order chi connectivity index (χ1) is 10.5. The first-order valence-corrected chi connectivity index (χ1v) is 6.92. The molecule has 2 rings (SSSR count). The number of benzene rings is 1. The van der Waals surface area contributed by atoms with E-state index < -0.39 is 17.9 Å². The molecule has 0 saturated heterocycles. The second-order valence-corrected chi connectivity index (χ2v) is 5.04. The molecular formula is C16H17N3O3. The Bertz CT molecular complexity index is 722. The lowest BCUT2D eigenvalue weighted by Crippen LogP contribution is -2.44. The van der Waals surface area contributed by atoms with Gasteiger partial charge in [0.05, 0.1) is 11.1 Å². The van der Waals surface area contributed by atoms with Gasteiger partial charge in [-0.25, -0.2) is 0 Å². The van der Waals surface area contributed by atoms with Crippen LogP contribution in [-0.2, 0) is 9.59 Å². The fraction of sp³-hybridized carbons (Fsp3) is 0.250. The van der Waals surface area contributed by atoms with Gasteiger partial charge in [0.2, 0.25) is 5.91 Å². The standard InChI is InChI=1S/C16H17N3O3/c1-10(20)6-7-14(15(17)21)19-16(22)12-8-9-18-13-5-3-2-4-11(12)13/h2-5,8-9,14H,6-7H2,1H3,(H2,17,21)(H,19,22)/t14-/m1/s1. The number of carbonyl (C=O) groups excluding carboxylic acids is 3. The molecule has 0 aliphatic heterocycles. The van der Waals surface area contributed by atoms with Gasteiger partial charge < -0.3 is 15.8 Å². The molecule has 0 fully saturated rings. The van der Waals surface area contributed by atoms with Gasteiger partial charge in [0, 0.05) is 18.0 Å². The number of pyridine rings is 1. The van der Waals surface area contributed by atoms with E-state index in [-0.39, 0.29) is 18.6 Å². The van der Waals surface area contributed by atoms with Crippen LogP contribution in [-0.4, -0.2) is 28.6 Å². The Morgan fingerprint density at radius 2 is 1.95 bits per heavy atom. The molecule has 1 aromatic carbocycles. The highest BCUT2D eigenvalue weighted by atomic mass is 16.2. The van der Waals surface area contributed by atoms with Crippen LogP contribution in [0.4, 0.5) is 0 Å². The molecule has 1 atom stereocenters. The maximum atomic E-state index is 12.4. The third-order valence-corrected chi connectivity index (χ3v) is 3.33. The minimum Gasteiger partial charge on any atom is -0.368 e. The molecule has 0 aliphatic rings. The van der Waals surface area contributed by atoms with Crippen molar-refractivity contribution >= 4 is 28.5 Å². The molecule has 0 unspecified atom stereocenters. The molecular weight excluding hydrogens is 282 g/mol. The number of amides is 2. The quantitative estimate of drug-likeness (QED) is 0.836. The van der Waals surface area contributed by atoms with E-state index in [1.807, 2.05) is 12.1 Å². The van der Waals surface area contributed by atoms with E-state index in [1.54, 1.807) is 18.2 Å². The van der Waals surface area contributed by atoms with Gasteiger partial charge in [0.15, 0.2) is 0 Å². The van der Waals surface area contributed by atoms with E-state index in [1.165, 1.54) is 13.1 Å². The molecule has 0 aliphatic carbocycles. The van der Waals surface area contributed by atoms with Crippen molar-refractivity contribution in [3.05, 3.63) is 42.1 Å². The van der Waals surface area contributed by atoms with Crippen LogP contribution in [0.5, 0.6) is 0 Å². The zero-order chi connectivity index (χ0) is 16.1. The summed E-state index contributed by atoms with van der Waals surface area (Å²) in [4.78, 5) is 39.0. The molecule has 114 valence electrons. The van der Waals surface area contributed by atoms with Crippen molar-refractivity contribution in [2.45, 2.75) is 25.8 Å². The van der Waals surface area contributed by atoms with Crippen molar-refractivity contribution in [1.82, 2.24) is 10.3 Å². The van der Waals surface area contributed by atoms with Crippen LogP contribution < -0.4 is 11.1 Å². The zero-order valence-electron chi connectivity index (χ0n) is 12.2. The van der Waals surface area contributed by atoms with E-state index in [9.17, 15) is 14.4 Å².